The van der Waals surface area contributed by atoms with E-state index in [1.165, 1.54) is 26.9 Å². The van der Waals surface area contributed by atoms with Gasteiger partial charge in [0.2, 0.25) is 0 Å². The molecule has 0 aliphatic rings. The molecule has 350 valence electrons. The van der Waals surface area contributed by atoms with Gasteiger partial charge in [-0.3, -0.25) is 0 Å². The summed E-state index contributed by atoms with van der Waals surface area (Å²) in [4.78, 5) is 14.6. The minimum absolute atomic E-state index is 0. The third-order valence-corrected chi connectivity index (χ3v) is 13.8. The van der Waals surface area contributed by atoms with E-state index in [0.29, 0.717) is 48.2 Å². The average molecular weight is 1120 g/mol. The van der Waals surface area contributed by atoms with Crippen molar-refractivity contribution in [3.63, 3.8) is 0 Å². The summed E-state index contributed by atoms with van der Waals surface area (Å²) in [6.45, 7) is -4.75. The molecule has 0 unspecified atom stereocenters. The number of aromatic nitrogens is 3. The molecule has 0 aliphatic heterocycles. The van der Waals surface area contributed by atoms with Gasteiger partial charge < -0.3 is 15.0 Å². The summed E-state index contributed by atoms with van der Waals surface area (Å²) in [5.74, 6) is 0. The summed E-state index contributed by atoms with van der Waals surface area (Å²) in [5.41, 5.74) is 14.0. The van der Waals surface area contributed by atoms with E-state index >= 15 is 0 Å². The standard InChI is InChI=1S/C69H50N3.Ir/c1-46-36-67(50-18-6-3-7-19-50)70-43-54(46)32-30-48-38-49(31-33-55-44-71-68(37-47(55)2)51-20-8-4-9-21-51)40-56(39-48)57-24-12-13-25-58(57)66-45-72-69(52-22-10-5-11-23-52)42-64(66)53-34-35-63-61-28-15-14-26-59(61)60-27-16-17-29-62(60)65(63)41-53;/h3-18,20,22,24-29,34-45H,30-33H2,1-2H3;/q-3;+3/i1D3,2D3;. The Morgan fingerprint density at radius 1 is 0.356 bits per heavy atom. The van der Waals surface area contributed by atoms with Gasteiger partial charge in [0.15, 0.2) is 0 Å². The molecule has 3 heterocycles. The van der Waals surface area contributed by atoms with Crippen molar-refractivity contribution < 1.29 is 28.3 Å². The van der Waals surface area contributed by atoms with Crippen LogP contribution in [0.4, 0.5) is 0 Å². The number of benzene rings is 9. The van der Waals surface area contributed by atoms with Crippen molar-refractivity contribution in [3.8, 4) is 67.2 Å². The van der Waals surface area contributed by atoms with E-state index in [9.17, 15) is 0 Å². The first kappa shape index (κ1) is 40.5. The van der Waals surface area contributed by atoms with Gasteiger partial charge in [0.05, 0.1) is 0 Å². The smallest absolute Gasteiger partial charge is 0.304 e. The summed E-state index contributed by atoms with van der Waals surface area (Å²) in [7, 11) is 0. The van der Waals surface area contributed by atoms with Crippen LogP contribution in [-0.2, 0) is 45.8 Å². The van der Waals surface area contributed by atoms with Crippen LogP contribution in [0.3, 0.4) is 0 Å². The molecule has 0 saturated carbocycles. The zero-order valence-corrected chi connectivity index (χ0v) is 42.2. The minimum Gasteiger partial charge on any atom is -0.304 e. The molecule has 0 N–H and O–H groups in total. The van der Waals surface area contributed by atoms with Crippen molar-refractivity contribution in [1.82, 2.24) is 15.0 Å². The topological polar surface area (TPSA) is 38.7 Å². The van der Waals surface area contributed by atoms with Crippen molar-refractivity contribution in [1.29, 1.82) is 0 Å². The van der Waals surface area contributed by atoms with Crippen LogP contribution in [-0.4, -0.2) is 15.0 Å². The molecule has 12 rings (SSSR count). The molecule has 12 aromatic rings. The quantitative estimate of drug-likeness (QED) is 0.0904. The third-order valence-electron chi connectivity index (χ3n) is 13.8. The van der Waals surface area contributed by atoms with Crippen LogP contribution >= 0.6 is 0 Å². The van der Waals surface area contributed by atoms with Gasteiger partial charge in [-0.25, -0.2) is 0 Å². The van der Waals surface area contributed by atoms with Gasteiger partial charge in [0.25, 0.3) is 0 Å². The van der Waals surface area contributed by atoms with E-state index in [2.05, 4.69) is 133 Å². The summed E-state index contributed by atoms with van der Waals surface area (Å²) >= 11 is 0. The molecule has 4 heteroatoms. The molecule has 0 radical (unpaired) electrons. The van der Waals surface area contributed by atoms with Gasteiger partial charge >= 0.3 is 20.1 Å². The van der Waals surface area contributed by atoms with Crippen molar-refractivity contribution in [2.75, 3.05) is 0 Å². The second-order valence-corrected chi connectivity index (χ2v) is 18.3. The maximum absolute atomic E-state index is 8.59. The van der Waals surface area contributed by atoms with E-state index in [1.807, 2.05) is 66.9 Å². The van der Waals surface area contributed by atoms with Crippen LogP contribution in [0.2, 0.25) is 0 Å². The molecule has 0 bridgehead atoms. The van der Waals surface area contributed by atoms with E-state index < -0.39 is 13.7 Å². The van der Waals surface area contributed by atoms with Gasteiger partial charge in [-0.1, -0.05) is 132 Å². The Hall–Kier alpha value is -8.14. The summed E-state index contributed by atoms with van der Waals surface area (Å²) in [5, 5.41) is 7.16. The number of hydrogen-bond donors (Lipinski definition) is 0. The monoisotopic (exact) mass is 1120 g/mol. The van der Waals surface area contributed by atoms with E-state index in [-0.39, 0.29) is 31.2 Å². The molecule has 0 spiro atoms. The molecular formula is C69H50IrN3. The second-order valence-electron chi connectivity index (χ2n) is 18.3. The number of hydrogen-bond acceptors (Lipinski definition) is 3. The minimum atomic E-state index is -2.37. The van der Waals surface area contributed by atoms with E-state index in [1.54, 1.807) is 36.7 Å². The SMILES string of the molecule is [2H]C([2H])([2H])c1cc(-c2[c-]cccc2)ncc1CCc1cc(CCc2cnc(-c3[c-]cccc3)cc2C([2H])([2H])[2H])cc(-c2ccccc2-c2cnc(-c3[c-]cccc3)cc2-c2ccc3c4ccccc4c4ccccc4c3c2)c1.[Ir+3]. The van der Waals surface area contributed by atoms with E-state index in [4.69, 9.17) is 23.2 Å². The molecular weight excluding hydrogens is 1060 g/mol. The molecule has 73 heavy (non-hydrogen) atoms. The Kier molecular flexibility index (Phi) is 11.6. The van der Waals surface area contributed by atoms with E-state index in [0.717, 1.165) is 72.3 Å². The van der Waals surface area contributed by atoms with Crippen LogP contribution in [0, 0.1) is 31.9 Å². The number of aryl methyl sites for hydroxylation is 6. The molecule has 0 saturated heterocycles. The fourth-order valence-corrected chi connectivity index (χ4v) is 10.2. The zero-order chi connectivity index (χ0) is 53.4. The van der Waals surface area contributed by atoms with Gasteiger partial charge in [0.1, 0.15) is 0 Å². The maximum Gasteiger partial charge on any atom is 3.00 e. The summed E-state index contributed by atoms with van der Waals surface area (Å²) in [6, 6.07) is 77.1. The molecule has 3 nitrogen and oxygen atoms in total. The molecule has 0 amide bonds. The fourth-order valence-electron chi connectivity index (χ4n) is 10.2. The molecule has 0 atom stereocenters. The first-order chi connectivity index (χ1) is 37.9. The molecule has 9 aromatic carbocycles. The fraction of sp³-hybridized carbons (Fsp3) is 0.0870. The first-order valence-electron chi connectivity index (χ1n) is 27.4. The predicted octanol–water partition coefficient (Wildman–Crippen LogP) is 16.9. The number of rotatable bonds is 12. The zero-order valence-electron chi connectivity index (χ0n) is 45.8. The normalized spacial score (nSPS) is 12.8. The summed E-state index contributed by atoms with van der Waals surface area (Å²) < 4.78 is 51.6. The Labute approximate surface area is 450 Å². The van der Waals surface area contributed by atoms with Gasteiger partial charge in [-0.2, -0.15) is 0 Å². The van der Waals surface area contributed by atoms with Crippen LogP contribution < -0.4 is 0 Å². The third kappa shape index (κ3) is 9.68. The van der Waals surface area contributed by atoms with Crippen LogP contribution in [0.5, 0.6) is 0 Å². The van der Waals surface area contributed by atoms with Crippen molar-refractivity contribution >= 4 is 32.3 Å². The van der Waals surface area contributed by atoms with Gasteiger partial charge in [0, 0.05) is 32.4 Å². The second kappa shape index (κ2) is 20.9. The molecule has 0 fully saturated rings. The number of pyridine rings is 3. The Morgan fingerprint density at radius 3 is 1.32 bits per heavy atom. The van der Waals surface area contributed by atoms with Crippen LogP contribution in [0.1, 0.15) is 41.6 Å². The summed E-state index contributed by atoms with van der Waals surface area (Å²) in [6.07, 6.45) is 7.26. The van der Waals surface area contributed by atoms with Gasteiger partial charge in [-0.15, -0.1) is 108 Å². The van der Waals surface area contributed by atoms with Crippen LogP contribution in [0.15, 0.2) is 219 Å². The Bertz CT molecular complexity index is 4020. The number of nitrogens with zero attached hydrogens (tertiary/aromatic N) is 3. The largest absolute Gasteiger partial charge is 3.00 e. The maximum atomic E-state index is 8.59. The van der Waals surface area contributed by atoms with Crippen molar-refractivity contribution in [3.05, 3.63) is 270 Å². The first-order valence-corrected chi connectivity index (χ1v) is 24.4. The Morgan fingerprint density at radius 2 is 0.808 bits per heavy atom. The van der Waals surface area contributed by atoms with Gasteiger partial charge in [-0.05, 0) is 145 Å². The Balaban J connectivity index is 0.00000660. The molecule has 3 aromatic heterocycles. The van der Waals surface area contributed by atoms with Crippen molar-refractivity contribution in [2.45, 2.75) is 39.4 Å². The van der Waals surface area contributed by atoms with Crippen LogP contribution in [0.25, 0.3) is 99.5 Å². The molecule has 0 aliphatic carbocycles. The predicted molar refractivity (Wildman–Crippen MR) is 299 cm³/mol. The number of fused-ring (bicyclic) bond motifs is 6. The average Bonchev–Trinajstić information content (AvgIpc) is 3.67. The van der Waals surface area contributed by atoms with Crippen molar-refractivity contribution in [2.24, 2.45) is 0 Å².